The zero-order valence-electron chi connectivity index (χ0n) is 6.58. The number of aliphatic hydroxyl groups excluding tert-OH is 1. The first-order valence-corrected chi connectivity index (χ1v) is 4.21. The molecular weight excluding hydrogens is 144 g/mol. The molecule has 0 saturated carbocycles. The largest absolute Gasteiger partial charge is 0.393 e. The van der Waals surface area contributed by atoms with Crippen molar-refractivity contribution in [2.45, 2.75) is 31.0 Å². The molecule has 2 saturated heterocycles. The van der Waals surface area contributed by atoms with E-state index < -0.39 is 0 Å². The predicted octanol–water partition coefficient (Wildman–Crippen LogP) is 0.317. The van der Waals surface area contributed by atoms with Crippen LogP contribution < -0.4 is 0 Å². The lowest BCUT2D eigenvalue weighted by molar-refractivity contribution is -0.117. The lowest BCUT2D eigenvalue weighted by Crippen LogP contribution is -2.42. The first-order chi connectivity index (χ1) is 5.31. The molecule has 0 aromatic carbocycles. The van der Waals surface area contributed by atoms with Crippen molar-refractivity contribution in [1.29, 1.82) is 0 Å². The molecular formula is C8H14O3. The fraction of sp³-hybridized carbons (Fsp3) is 1.00. The third-order valence-electron chi connectivity index (χ3n) is 2.53. The summed E-state index contributed by atoms with van der Waals surface area (Å²) in [5, 5.41) is 9.40. The molecule has 1 spiro atoms. The summed E-state index contributed by atoms with van der Waals surface area (Å²) in [4.78, 5) is 0. The zero-order valence-corrected chi connectivity index (χ0v) is 6.58. The summed E-state index contributed by atoms with van der Waals surface area (Å²) >= 11 is 0. The minimum atomic E-state index is -0.176. The predicted molar refractivity (Wildman–Crippen MR) is 39.4 cm³/mol. The highest BCUT2D eigenvalue weighted by molar-refractivity contribution is 4.90. The van der Waals surface area contributed by atoms with Gasteiger partial charge in [-0.05, 0) is 6.42 Å². The standard InChI is InChI=1S/C8H14O3/c9-7-1-3-11-8(5-7)2-4-10-6-8/h7,9H,1-6H2/t7-,8-/m1/s1. The van der Waals surface area contributed by atoms with E-state index in [1.165, 1.54) is 0 Å². The van der Waals surface area contributed by atoms with Gasteiger partial charge < -0.3 is 14.6 Å². The molecule has 3 heteroatoms. The molecule has 0 bridgehead atoms. The van der Waals surface area contributed by atoms with E-state index in [0.717, 1.165) is 25.9 Å². The van der Waals surface area contributed by atoms with Crippen molar-refractivity contribution in [3.05, 3.63) is 0 Å². The molecule has 2 atom stereocenters. The van der Waals surface area contributed by atoms with Crippen molar-refractivity contribution in [2.24, 2.45) is 0 Å². The molecule has 64 valence electrons. The summed E-state index contributed by atoms with van der Waals surface area (Å²) in [6.45, 7) is 2.14. The van der Waals surface area contributed by atoms with Gasteiger partial charge in [0.1, 0.15) is 0 Å². The monoisotopic (exact) mass is 158 g/mol. The van der Waals surface area contributed by atoms with E-state index in [-0.39, 0.29) is 11.7 Å². The number of aliphatic hydroxyl groups is 1. The van der Waals surface area contributed by atoms with Crippen LogP contribution in [0.1, 0.15) is 19.3 Å². The van der Waals surface area contributed by atoms with Gasteiger partial charge >= 0.3 is 0 Å². The van der Waals surface area contributed by atoms with Crippen molar-refractivity contribution in [2.75, 3.05) is 19.8 Å². The second-order valence-corrected chi connectivity index (χ2v) is 3.48. The van der Waals surface area contributed by atoms with Gasteiger partial charge in [-0.2, -0.15) is 0 Å². The number of hydrogen-bond acceptors (Lipinski definition) is 3. The summed E-state index contributed by atoms with van der Waals surface area (Å²) in [6, 6.07) is 0. The molecule has 0 aliphatic carbocycles. The molecule has 0 unspecified atom stereocenters. The second kappa shape index (κ2) is 2.73. The van der Waals surface area contributed by atoms with Crippen LogP contribution in [0, 0.1) is 0 Å². The maximum Gasteiger partial charge on any atom is 0.0961 e. The molecule has 2 heterocycles. The highest BCUT2D eigenvalue weighted by Gasteiger charge is 2.40. The van der Waals surface area contributed by atoms with Gasteiger partial charge in [0.15, 0.2) is 0 Å². The minimum absolute atomic E-state index is 0.127. The molecule has 2 aliphatic rings. The van der Waals surface area contributed by atoms with Crippen LogP contribution in [0.2, 0.25) is 0 Å². The Kier molecular flexibility index (Phi) is 1.87. The van der Waals surface area contributed by atoms with Crippen molar-refractivity contribution in [3.63, 3.8) is 0 Å². The van der Waals surface area contributed by atoms with E-state index in [0.29, 0.717) is 13.2 Å². The molecule has 3 nitrogen and oxygen atoms in total. The van der Waals surface area contributed by atoms with Crippen molar-refractivity contribution in [1.82, 2.24) is 0 Å². The van der Waals surface area contributed by atoms with Gasteiger partial charge in [-0.3, -0.25) is 0 Å². The van der Waals surface area contributed by atoms with E-state index in [1.54, 1.807) is 0 Å². The summed E-state index contributed by atoms with van der Waals surface area (Å²) < 4.78 is 10.9. The Hall–Kier alpha value is -0.120. The fourth-order valence-electron chi connectivity index (χ4n) is 1.87. The van der Waals surface area contributed by atoms with Crippen LogP contribution in [0.3, 0.4) is 0 Å². The van der Waals surface area contributed by atoms with Crippen LogP contribution in [0.5, 0.6) is 0 Å². The minimum Gasteiger partial charge on any atom is -0.393 e. The van der Waals surface area contributed by atoms with Crippen LogP contribution >= 0.6 is 0 Å². The summed E-state index contributed by atoms with van der Waals surface area (Å²) in [7, 11) is 0. The van der Waals surface area contributed by atoms with Crippen LogP contribution in [-0.2, 0) is 9.47 Å². The van der Waals surface area contributed by atoms with E-state index in [2.05, 4.69) is 0 Å². The third-order valence-corrected chi connectivity index (χ3v) is 2.53. The molecule has 2 aliphatic heterocycles. The Labute approximate surface area is 66.3 Å². The van der Waals surface area contributed by atoms with Crippen LogP contribution in [0.4, 0.5) is 0 Å². The Morgan fingerprint density at radius 3 is 2.91 bits per heavy atom. The quantitative estimate of drug-likeness (QED) is 0.551. The van der Waals surface area contributed by atoms with Crippen molar-refractivity contribution >= 4 is 0 Å². The van der Waals surface area contributed by atoms with E-state index in [9.17, 15) is 5.11 Å². The Morgan fingerprint density at radius 1 is 1.36 bits per heavy atom. The average Bonchev–Trinajstić information content (AvgIpc) is 2.37. The molecule has 0 radical (unpaired) electrons. The number of ether oxygens (including phenoxy) is 2. The smallest absolute Gasteiger partial charge is 0.0961 e. The molecule has 1 N–H and O–H groups in total. The molecule has 11 heavy (non-hydrogen) atoms. The van der Waals surface area contributed by atoms with Gasteiger partial charge in [0.2, 0.25) is 0 Å². The summed E-state index contributed by atoms with van der Waals surface area (Å²) in [6.07, 6.45) is 2.31. The number of rotatable bonds is 0. The summed E-state index contributed by atoms with van der Waals surface area (Å²) in [5.41, 5.74) is -0.127. The van der Waals surface area contributed by atoms with Crippen LogP contribution in [0.15, 0.2) is 0 Å². The van der Waals surface area contributed by atoms with E-state index in [1.807, 2.05) is 0 Å². The maximum absolute atomic E-state index is 9.40. The first-order valence-electron chi connectivity index (χ1n) is 4.21. The normalized spacial score (nSPS) is 45.0. The second-order valence-electron chi connectivity index (χ2n) is 3.48. The lowest BCUT2D eigenvalue weighted by atomic mass is 9.91. The van der Waals surface area contributed by atoms with Gasteiger partial charge in [0, 0.05) is 26.1 Å². The fourth-order valence-corrected chi connectivity index (χ4v) is 1.87. The topological polar surface area (TPSA) is 38.7 Å². The molecule has 0 aromatic heterocycles. The molecule has 0 amide bonds. The Bertz CT molecular complexity index is 140. The molecule has 0 aromatic rings. The Balaban J connectivity index is 2.00. The van der Waals surface area contributed by atoms with Crippen molar-refractivity contribution < 1.29 is 14.6 Å². The van der Waals surface area contributed by atoms with Gasteiger partial charge in [0.25, 0.3) is 0 Å². The highest BCUT2D eigenvalue weighted by Crippen LogP contribution is 2.32. The van der Waals surface area contributed by atoms with Crippen LogP contribution in [0.25, 0.3) is 0 Å². The molecule has 2 fully saturated rings. The lowest BCUT2D eigenvalue weighted by Gasteiger charge is -2.34. The average molecular weight is 158 g/mol. The first kappa shape index (κ1) is 7.53. The van der Waals surface area contributed by atoms with Crippen LogP contribution in [-0.4, -0.2) is 36.6 Å². The van der Waals surface area contributed by atoms with Gasteiger partial charge in [-0.15, -0.1) is 0 Å². The third kappa shape index (κ3) is 1.41. The van der Waals surface area contributed by atoms with Gasteiger partial charge in [0.05, 0.1) is 18.3 Å². The Morgan fingerprint density at radius 2 is 2.27 bits per heavy atom. The van der Waals surface area contributed by atoms with Gasteiger partial charge in [-0.25, -0.2) is 0 Å². The van der Waals surface area contributed by atoms with Gasteiger partial charge in [-0.1, -0.05) is 0 Å². The van der Waals surface area contributed by atoms with Crippen molar-refractivity contribution in [3.8, 4) is 0 Å². The maximum atomic E-state index is 9.40. The van der Waals surface area contributed by atoms with E-state index >= 15 is 0 Å². The zero-order chi connectivity index (χ0) is 7.73. The molecule has 2 rings (SSSR count). The SMILES string of the molecule is O[C@@H]1CCO[C@]2(CCOC2)C1. The van der Waals surface area contributed by atoms with E-state index in [4.69, 9.17) is 9.47 Å². The highest BCUT2D eigenvalue weighted by atomic mass is 16.6. The summed E-state index contributed by atoms with van der Waals surface area (Å²) in [5.74, 6) is 0. The number of hydrogen-bond donors (Lipinski definition) is 1.